The highest BCUT2D eigenvalue weighted by Gasteiger charge is 2.38. The highest BCUT2D eigenvalue weighted by atomic mass is 32.2. The molecule has 2 rings (SSSR count). The van der Waals surface area contributed by atoms with E-state index in [2.05, 4.69) is 11.8 Å². The van der Waals surface area contributed by atoms with Gasteiger partial charge >= 0.3 is 0 Å². The SMILES string of the molecule is C[C@@H]1CN([C@@H](C)CO)S(=O)(=O)c2ccc(C#CCN(C)C)cc2O[C@@H]1CN(C)C(=O)CN(C)C. The van der Waals surface area contributed by atoms with Crippen LogP contribution in [0.25, 0.3) is 0 Å². The summed E-state index contributed by atoms with van der Waals surface area (Å²) in [4.78, 5) is 17.9. The Balaban J connectivity index is 2.50. The van der Waals surface area contributed by atoms with Crippen molar-refractivity contribution >= 4 is 15.9 Å². The summed E-state index contributed by atoms with van der Waals surface area (Å²) < 4.78 is 34.6. The van der Waals surface area contributed by atoms with Crippen LogP contribution in [0.5, 0.6) is 5.75 Å². The van der Waals surface area contributed by atoms with Gasteiger partial charge in [0.2, 0.25) is 15.9 Å². The van der Waals surface area contributed by atoms with Crippen LogP contribution in [-0.4, -0.2) is 119 Å². The quantitative estimate of drug-likeness (QED) is 0.548. The zero-order valence-electron chi connectivity index (χ0n) is 21.3. The standard InChI is InChI=1S/C24H38N4O5S/c1-18-14-28(19(2)17-29)34(31,32)23-11-10-20(9-8-12-25(3)4)13-21(23)33-22(18)15-27(7)24(30)16-26(5)6/h10-11,13,18-19,22,29H,12,14-17H2,1-7H3/t18-,19+,22-/m1/s1. The Labute approximate surface area is 204 Å². The number of aliphatic hydroxyl groups is 1. The molecule has 0 bridgehead atoms. The van der Waals surface area contributed by atoms with Crippen LogP contribution in [0.2, 0.25) is 0 Å². The summed E-state index contributed by atoms with van der Waals surface area (Å²) in [6, 6.07) is 4.21. The highest BCUT2D eigenvalue weighted by molar-refractivity contribution is 7.89. The van der Waals surface area contributed by atoms with Crippen molar-refractivity contribution < 1.29 is 23.1 Å². The molecule has 0 radical (unpaired) electrons. The monoisotopic (exact) mass is 494 g/mol. The number of likely N-dealkylation sites (N-methyl/N-ethyl adjacent to an activating group) is 2. The minimum Gasteiger partial charge on any atom is -0.487 e. The van der Waals surface area contributed by atoms with E-state index in [1.165, 1.54) is 10.4 Å². The van der Waals surface area contributed by atoms with Crippen molar-refractivity contribution in [3.63, 3.8) is 0 Å². The predicted molar refractivity (Wildman–Crippen MR) is 132 cm³/mol. The van der Waals surface area contributed by atoms with E-state index >= 15 is 0 Å². The van der Waals surface area contributed by atoms with Crippen molar-refractivity contribution in [2.75, 3.05) is 68.0 Å². The Morgan fingerprint density at radius 3 is 2.50 bits per heavy atom. The molecule has 1 aromatic rings. The van der Waals surface area contributed by atoms with Crippen LogP contribution in [0.1, 0.15) is 19.4 Å². The Bertz CT molecular complexity index is 1020. The Morgan fingerprint density at radius 1 is 1.24 bits per heavy atom. The van der Waals surface area contributed by atoms with Crippen LogP contribution in [0.3, 0.4) is 0 Å². The summed E-state index contributed by atoms with van der Waals surface area (Å²) in [7, 11) is 5.29. The lowest BCUT2D eigenvalue weighted by Gasteiger charge is -2.37. The molecular formula is C24H38N4O5S. The summed E-state index contributed by atoms with van der Waals surface area (Å²) in [5.41, 5.74) is 0.640. The number of carbonyl (C=O) groups excluding carboxylic acids is 1. The van der Waals surface area contributed by atoms with Crippen LogP contribution >= 0.6 is 0 Å². The molecule has 1 heterocycles. The second-order valence-corrected chi connectivity index (χ2v) is 11.3. The first kappa shape index (κ1) is 28.1. The molecule has 0 spiro atoms. The van der Waals surface area contributed by atoms with Crippen LogP contribution in [0.15, 0.2) is 23.1 Å². The molecule has 1 aliphatic rings. The van der Waals surface area contributed by atoms with Crippen LogP contribution < -0.4 is 4.74 Å². The molecule has 0 saturated carbocycles. The number of hydrogen-bond donors (Lipinski definition) is 1. The Kier molecular flexibility index (Phi) is 9.91. The highest BCUT2D eigenvalue weighted by Crippen LogP contribution is 2.34. The number of ether oxygens (including phenoxy) is 1. The third-order valence-electron chi connectivity index (χ3n) is 5.63. The van der Waals surface area contributed by atoms with Gasteiger partial charge in [-0.15, -0.1) is 0 Å². The molecular weight excluding hydrogens is 456 g/mol. The molecule has 0 unspecified atom stereocenters. The topological polar surface area (TPSA) is 93.6 Å². The minimum atomic E-state index is -3.92. The average Bonchev–Trinajstić information content (AvgIpc) is 2.74. The number of sulfonamides is 1. The Hall–Kier alpha value is -2.16. The fourth-order valence-electron chi connectivity index (χ4n) is 3.58. The molecule has 1 aromatic carbocycles. The van der Waals surface area contributed by atoms with E-state index in [1.807, 2.05) is 40.0 Å². The molecule has 1 aliphatic heterocycles. The normalized spacial score (nSPS) is 21.0. The molecule has 0 saturated heterocycles. The van der Waals surface area contributed by atoms with Gasteiger partial charge < -0.3 is 19.6 Å². The van der Waals surface area contributed by atoms with Gasteiger partial charge in [0.15, 0.2) is 0 Å². The molecule has 1 amide bonds. The van der Waals surface area contributed by atoms with E-state index < -0.39 is 22.2 Å². The molecule has 34 heavy (non-hydrogen) atoms. The molecule has 0 fully saturated rings. The molecule has 3 atom stereocenters. The van der Waals surface area contributed by atoms with Crippen LogP contribution in [0.4, 0.5) is 0 Å². The average molecular weight is 495 g/mol. The van der Waals surface area contributed by atoms with E-state index in [4.69, 9.17) is 4.74 Å². The molecule has 1 N–H and O–H groups in total. The molecule has 0 aromatic heterocycles. The minimum absolute atomic E-state index is 0.0325. The number of amides is 1. The lowest BCUT2D eigenvalue weighted by Crippen LogP contribution is -2.50. The number of benzene rings is 1. The third kappa shape index (κ3) is 7.17. The third-order valence-corrected chi connectivity index (χ3v) is 7.65. The number of rotatable bonds is 7. The van der Waals surface area contributed by atoms with Gasteiger partial charge in [-0.3, -0.25) is 9.69 Å². The largest absolute Gasteiger partial charge is 0.487 e. The van der Waals surface area contributed by atoms with E-state index in [0.29, 0.717) is 18.7 Å². The van der Waals surface area contributed by atoms with Gasteiger partial charge in [-0.2, -0.15) is 4.31 Å². The van der Waals surface area contributed by atoms with E-state index in [1.54, 1.807) is 35.9 Å². The zero-order chi connectivity index (χ0) is 25.6. The maximum absolute atomic E-state index is 13.5. The molecule has 190 valence electrons. The van der Waals surface area contributed by atoms with E-state index in [-0.39, 0.29) is 42.2 Å². The van der Waals surface area contributed by atoms with E-state index in [0.717, 1.165) is 0 Å². The Morgan fingerprint density at radius 2 is 1.91 bits per heavy atom. The number of hydrogen-bond acceptors (Lipinski definition) is 7. The van der Waals surface area contributed by atoms with Gasteiger partial charge in [-0.1, -0.05) is 18.8 Å². The summed E-state index contributed by atoms with van der Waals surface area (Å²) in [6.07, 6.45) is -0.455. The molecule has 10 heteroatoms. The fraction of sp³-hybridized carbons (Fsp3) is 0.625. The van der Waals surface area contributed by atoms with Gasteiger partial charge in [0.1, 0.15) is 16.7 Å². The first-order valence-electron chi connectivity index (χ1n) is 11.3. The molecule has 9 nitrogen and oxygen atoms in total. The lowest BCUT2D eigenvalue weighted by atomic mass is 10.0. The first-order chi connectivity index (χ1) is 15.9. The van der Waals surface area contributed by atoms with Crippen LogP contribution in [-0.2, 0) is 14.8 Å². The summed E-state index contributed by atoms with van der Waals surface area (Å²) in [5, 5.41) is 9.75. The van der Waals surface area contributed by atoms with Crippen molar-refractivity contribution in [3.8, 4) is 17.6 Å². The second-order valence-electron chi connectivity index (χ2n) is 9.45. The van der Waals surface area contributed by atoms with Crippen molar-refractivity contribution in [3.05, 3.63) is 23.8 Å². The zero-order valence-corrected chi connectivity index (χ0v) is 22.1. The predicted octanol–water partition coefficient (Wildman–Crippen LogP) is 0.388. The van der Waals surface area contributed by atoms with Crippen LogP contribution in [0, 0.1) is 17.8 Å². The van der Waals surface area contributed by atoms with Gasteiger partial charge in [-0.25, -0.2) is 8.42 Å². The van der Waals surface area contributed by atoms with Crippen molar-refractivity contribution in [2.45, 2.75) is 30.9 Å². The lowest BCUT2D eigenvalue weighted by molar-refractivity contribution is -0.132. The smallest absolute Gasteiger partial charge is 0.247 e. The van der Waals surface area contributed by atoms with Crippen molar-refractivity contribution in [1.82, 2.24) is 19.0 Å². The fourth-order valence-corrected chi connectivity index (χ4v) is 5.41. The van der Waals surface area contributed by atoms with Crippen molar-refractivity contribution in [1.29, 1.82) is 0 Å². The maximum Gasteiger partial charge on any atom is 0.247 e. The number of carbonyl (C=O) groups is 1. The number of fused-ring (bicyclic) bond motifs is 1. The van der Waals surface area contributed by atoms with Crippen molar-refractivity contribution in [2.24, 2.45) is 5.92 Å². The van der Waals surface area contributed by atoms with Gasteiger partial charge in [-0.05, 0) is 53.3 Å². The summed E-state index contributed by atoms with van der Waals surface area (Å²) >= 11 is 0. The number of nitrogens with zero attached hydrogens (tertiary/aromatic N) is 4. The van der Waals surface area contributed by atoms with E-state index in [9.17, 15) is 18.3 Å². The number of aliphatic hydroxyl groups excluding tert-OH is 1. The maximum atomic E-state index is 13.5. The summed E-state index contributed by atoms with van der Waals surface area (Å²) in [5.74, 6) is 6.01. The summed E-state index contributed by atoms with van der Waals surface area (Å²) in [6.45, 7) is 4.56. The molecule has 0 aliphatic carbocycles. The van der Waals surface area contributed by atoms with Gasteiger partial charge in [0.05, 0.1) is 26.2 Å². The first-order valence-corrected chi connectivity index (χ1v) is 12.8. The van der Waals surface area contributed by atoms with Gasteiger partial charge in [0.25, 0.3) is 0 Å². The second kappa shape index (κ2) is 12.0. The van der Waals surface area contributed by atoms with Gasteiger partial charge in [0, 0.05) is 31.1 Å².